The van der Waals surface area contributed by atoms with Crippen LogP contribution >= 0.6 is 0 Å². The molecule has 0 aromatic heterocycles. The van der Waals surface area contributed by atoms with Crippen molar-refractivity contribution in [2.24, 2.45) is 5.92 Å². The highest BCUT2D eigenvalue weighted by atomic mass is 16.5. The first-order valence-electron chi connectivity index (χ1n) is 10.6. The number of hydrogen-bond acceptors (Lipinski definition) is 4. The average molecular weight is 421 g/mol. The summed E-state index contributed by atoms with van der Waals surface area (Å²) in [7, 11) is 1.56. The SMILES string of the molecule is CCC(=O)N1CCc2cc(N3C[C@H](C(=O)Nc4cc(C)ccc4OC)CC3=O)ccc21. The molecule has 1 atom stereocenters. The Morgan fingerprint density at radius 2 is 2.00 bits per heavy atom. The number of fused-ring (bicyclic) bond motifs is 1. The van der Waals surface area contributed by atoms with Gasteiger partial charge in [-0.3, -0.25) is 14.4 Å². The summed E-state index contributed by atoms with van der Waals surface area (Å²) < 4.78 is 5.33. The molecule has 31 heavy (non-hydrogen) atoms. The van der Waals surface area contributed by atoms with E-state index in [2.05, 4.69) is 5.32 Å². The van der Waals surface area contributed by atoms with Crippen LogP contribution in [0.1, 0.15) is 30.9 Å². The minimum atomic E-state index is -0.441. The van der Waals surface area contributed by atoms with Crippen LogP contribution in [0.5, 0.6) is 5.75 Å². The summed E-state index contributed by atoms with van der Waals surface area (Å²) in [5.74, 6) is -0.0162. The van der Waals surface area contributed by atoms with Crippen LogP contribution in [0.3, 0.4) is 0 Å². The summed E-state index contributed by atoms with van der Waals surface area (Å²) in [6.07, 6.45) is 1.40. The third-order valence-corrected chi connectivity index (χ3v) is 5.98. The van der Waals surface area contributed by atoms with Crippen molar-refractivity contribution < 1.29 is 19.1 Å². The Morgan fingerprint density at radius 3 is 2.74 bits per heavy atom. The number of carbonyl (C=O) groups is 3. The quantitative estimate of drug-likeness (QED) is 0.804. The minimum absolute atomic E-state index is 0.0733. The maximum Gasteiger partial charge on any atom is 0.229 e. The molecular weight excluding hydrogens is 394 g/mol. The minimum Gasteiger partial charge on any atom is -0.495 e. The van der Waals surface area contributed by atoms with Gasteiger partial charge in [0.05, 0.1) is 18.7 Å². The maximum atomic E-state index is 12.9. The number of benzene rings is 2. The van der Waals surface area contributed by atoms with E-state index in [0.717, 1.165) is 28.9 Å². The van der Waals surface area contributed by atoms with E-state index in [9.17, 15) is 14.4 Å². The predicted octanol–water partition coefficient (Wildman–Crippen LogP) is 3.29. The van der Waals surface area contributed by atoms with Crippen LogP contribution in [0.4, 0.5) is 17.1 Å². The average Bonchev–Trinajstić information content (AvgIpc) is 3.36. The fraction of sp³-hybridized carbons (Fsp3) is 0.375. The topological polar surface area (TPSA) is 79.0 Å². The molecule has 4 rings (SSSR count). The van der Waals surface area contributed by atoms with Crippen molar-refractivity contribution in [3.8, 4) is 5.75 Å². The first-order chi connectivity index (χ1) is 14.9. The van der Waals surface area contributed by atoms with Gasteiger partial charge in [0.1, 0.15) is 5.75 Å². The van der Waals surface area contributed by atoms with Crippen LogP contribution < -0.4 is 19.9 Å². The monoisotopic (exact) mass is 421 g/mol. The smallest absolute Gasteiger partial charge is 0.229 e. The molecule has 1 N–H and O–H groups in total. The highest BCUT2D eigenvalue weighted by Gasteiger charge is 2.36. The molecule has 2 aromatic carbocycles. The Kier molecular flexibility index (Phi) is 5.67. The van der Waals surface area contributed by atoms with Crippen molar-refractivity contribution in [2.45, 2.75) is 33.1 Å². The van der Waals surface area contributed by atoms with Crippen molar-refractivity contribution in [3.05, 3.63) is 47.5 Å². The summed E-state index contributed by atoms with van der Waals surface area (Å²) in [5, 5.41) is 2.92. The molecule has 0 unspecified atom stereocenters. The molecule has 3 amide bonds. The number of methoxy groups -OCH3 is 1. The summed E-state index contributed by atoms with van der Waals surface area (Å²) in [4.78, 5) is 41.1. The van der Waals surface area contributed by atoms with Crippen molar-refractivity contribution in [1.29, 1.82) is 0 Å². The molecule has 7 heteroatoms. The van der Waals surface area contributed by atoms with E-state index in [1.807, 2.05) is 50.2 Å². The second-order valence-electron chi connectivity index (χ2n) is 8.06. The van der Waals surface area contributed by atoms with Gasteiger partial charge in [0.25, 0.3) is 0 Å². The van der Waals surface area contributed by atoms with E-state index >= 15 is 0 Å². The second-order valence-corrected chi connectivity index (χ2v) is 8.06. The van der Waals surface area contributed by atoms with E-state index in [0.29, 0.717) is 30.9 Å². The van der Waals surface area contributed by atoms with Gasteiger partial charge in [-0.05, 0) is 54.8 Å². The Labute approximate surface area is 182 Å². The van der Waals surface area contributed by atoms with Gasteiger partial charge in [0, 0.05) is 37.3 Å². The molecule has 1 fully saturated rings. The third kappa shape index (κ3) is 4.00. The lowest BCUT2D eigenvalue weighted by Gasteiger charge is -2.20. The maximum absolute atomic E-state index is 12.9. The van der Waals surface area contributed by atoms with Gasteiger partial charge in [0.15, 0.2) is 0 Å². The van der Waals surface area contributed by atoms with Gasteiger partial charge in [-0.15, -0.1) is 0 Å². The largest absolute Gasteiger partial charge is 0.495 e. The first-order valence-corrected chi connectivity index (χ1v) is 10.6. The van der Waals surface area contributed by atoms with Gasteiger partial charge >= 0.3 is 0 Å². The molecule has 1 saturated heterocycles. The Hall–Kier alpha value is -3.35. The summed E-state index contributed by atoms with van der Waals surface area (Å²) >= 11 is 0. The zero-order valence-corrected chi connectivity index (χ0v) is 18.1. The number of hydrogen-bond donors (Lipinski definition) is 1. The van der Waals surface area contributed by atoms with E-state index in [1.54, 1.807) is 16.9 Å². The standard InChI is InChI=1S/C24H27N3O4/c1-4-22(28)26-10-9-16-12-18(6-7-20(16)26)27-14-17(13-23(27)29)24(30)25-19-11-15(2)5-8-21(19)31-3/h5-8,11-12,17H,4,9-10,13-14H2,1-3H3,(H,25,30)/t17-/m1/s1. The van der Waals surface area contributed by atoms with E-state index in [-0.39, 0.29) is 24.1 Å². The summed E-state index contributed by atoms with van der Waals surface area (Å²) in [6.45, 7) is 4.80. The number of anilines is 3. The number of ether oxygens (including phenoxy) is 1. The fourth-order valence-electron chi connectivity index (χ4n) is 4.29. The van der Waals surface area contributed by atoms with Gasteiger partial charge in [-0.2, -0.15) is 0 Å². The van der Waals surface area contributed by atoms with Crippen LogP contribution in [0, 0.1) is 12.8 Å². The first kappa shape index (κ1) is 20.9. The molecule has 2 aliphatic heterocycles. The van der Waals surface area contributed by atoms with Crippen LogP contribution in [-0.4, -0.2) is 37.9 Å². The molecule has 7 nitrogen and oxygen atoms in total. The van der Waals surface area contributed by atoms with Gasteiger partial charge in [-0.25, -0.2) is 0 Å². The molecule has 2 aromatic rings. The Balaban J connectivity index is 1.48. The van der Waals surface area contributed by atoms with Crippen molar-refractivity contribution in [3.63, 3.8) is 0 Å². The van der Waals surface area contributed by atoms with Crippen LogP contribution in [-0.2, 0) is 20.8 Å². The Morgan fingerprint density at radius 1 is 1.19 bits per heavy atom. The highest BCUT2D eigenvalue weighted by Crippen LogP contribution is 2.35. The van der Waals surface area contributed by atoms with Crippen LogP contribution in [0.25, 0.3) is 0 Å². The molecule has 2 aliphatic rings. The zero-order valence-electron chi connectivity index (χ0n) is 18.1. The fourth-order valence-corrected chi connectivity index (χ4v) is 4.29. The predicted molar refractivity (Wildman–Crippen MR) is 120 cm³/mol. The highest BCUT2D eigenvalue weighted by molar-refractivity contribution is 6.04. The third-order valence-electron chi connectivity index (χ3n) is 5.98. The lowest BCUT2D eigenvalue weighted by Crippen LogP contribution is -2.28. The second kappa shape index (κ2) is 8.41. The zero-order chi connectivity index (χ0) is 22.1. The number of nitrogens with one attached hydrogen (secondary N) is 1. The summed E-state index contributed by atoms with van der Waals surface area (Å²) in [6, 6.07) is 11.3. The lowest BCUT2D eigenvalue weighted by atomic mass is 10.1. The number of carbonyl (C=O) groups excluding carboxylic acids is 3. The number of aryl methyl sites for hydroxylation is 1. The molecule has 0 radical (unpaired) electrons. The molecule has 0 saturated carbocycles. The molecule has 0 bridgehead atoms. The van der Waals surface area contributed by atoms with Crippen LogP contribution in [0.2, 0.25) is 0 Å². The normalized spacial score (nSPS) is 17.6. The number of nitrogens with zero attached hydrogens (tertiary/aromatic N) is 2. The van der Waals surface area contributed by atoms with Gasteiger partial charge < -0.3 is 19.9 Å². The number of amides is 3. The van der Waals surface area contributed by atoms with E-state index in [4.69, 9.17) is 4.74 Å². The number of rotatable bonds is 5. The molecule has 2 heterocycles. The van der Waals surface area contributed by atoms with E-state index in [1.165, 1.54) is 0 Å². The van der Waals surface area contributed by atoms with Crippen molar-refractivity contribution in [2.75, 3.05) is 35.3 Å². The lowest BCUT2D eigenvalue weighted by molar-refractivity contribution is -0.122. The molecular formula is C24H27N3O4. The van der Waals surface area contributed by atoms with Gasteiger partial charge in [-0.1, -0.05) is 13.0 Å². The van der Waals surface area contributed by atoms with Crippen LogP contribution in [0.15, 0.2) is 36.4 Å². The van der Waals surface area contributed by atoms with Crippen molar-refractivity contribution in [1.82, 2.24) is 0 Å². The summed E-state index contributed by atoms with van der Waals surface area (Å²) in [5.41, 5.74) is 4.37. The Bertz CT molecular complexity index is 1050. The molecule has 0 spiro atoms. The van der Waals surface area contributed by atoms with Crippen molar-refractivity contribution >= 4 is 34.8 Å². The molecule has 162 valence electrons. The molecule has 0 aliphatic carbocycles. The van der Waals surface area contributed by atoms with Gasteiger partial charge in [0.2, 0.25) is 17.7 Å². The van der Waals surface area contributed by atoms with E-state index < -0.39 is 5.92 Å².